The Kier molecular flexibility index (Phi) is 3.87. The summed E-state index contributed by atoms with van der Waals surface area (Å²) in [6.45, 7) is 2.56. The number of rotatable bonds is 3. The van der Waals surface area contributed by atoms with Crippen molar-refractivity contribution in [2.45, 2.75) is 25.6 Å². The Bertz CT molecular complexity index is 525. The lowest BCUT2D eigenvalue weighted by Crippen LogP contribution is -2.37. The van der Waals surface area contributed by atoms with Crippen LogP contribution in [-0.4, -0.2) is 23.9 Å². The quantitative estimate of drug-likeness (QED) is 0.869. The molecule has 2 N–H and O–H groups in total. The Labute approximate surface area is 114 Å². The van der Waals surface area contributed by atoms with Crippen LogP contribution in [0.25, 0.3) is 0 Å². The zero-order valence-corrected chi connectivity index (χ0v) is 10.9. The second-order valence-electron chi connectivity index (χ2n) is 4.64. The van der Waals surface area contributed by atoms with E-state index in [0.29, 0.717) is 12.6 Å². The molecule has 1 aromatic rings. The fraction of sp³-hybridized carbons (Fsp3) is 0.462. The van der Waals surface area contributed by atoms with E-state index in [2.05, 4.69) is 4.99 Å². The predicted molar refractivity (Wildman–Crippen MR) is 67.6 cm³/mol. The molecule has 0 saturated carbocycles. The summed E-state index contributed by atoms with van der Waals surface area (Å²) < 4.78 is 52.2. The van der Waals surface area contributed by atoms with E-state index in [1.54, 1.807) is 4.90 Å². The summed E-state index contributed by atoms with van der Waals surface area (Å²) in [6.07, 6.45) is -3.87. The number of alkyl halides is 3. The molecule has 7 heteroatoms. The summed E-state index contributed by atoms with van der Waals surface area (Å²) in [7, 11) is 0. The minimum atomic E-state index is -4.60. The molecule has 1 atom stereocenters. The van der Waals surface area contributed by atoms with Crippen LogP contribution in [0.1, 0.15) is 30.5 Å². The van der Waals surface area contributed by atoms with Gasteiger partial charge >= 0.3 is 6.18 Å². The normalized spacial score (nSPS) is 19.4. The molecule has 0 saturated heterocycles. The number of benzene rings is 1. The molecule has 1 aliphatic rings. The fourth-order valence-corrected chi connectivity index (χ4v) is 2.37. The van der Waals surface area contributed by atoms with Crippen LogP contribution in [0.5, 0.6) is 0 Å². The van der Waals surface area contributed by atoms with Crippen molar-refractivity contribution in [3.63, 3.8) is 0 Å². The van der Waals surface area contributed by atoms with Gasteiger partial charge in [-0.1, -0.05) is 13.0 Å². The van der Waals surface area contributed by atoms with E-state index >= 15 is 0 Å². The lowest BCUT2D eigenvalue weighted by molar-refractivity contribution is -0.138. The molecular weight excluding hydrogens is 274 g/mol. The van der Waals surface area contributed by atoms with Crippen molar-refractivity contribution in [3.05, 3.63) is 35.1 Å². The maximum absolute atomic E-state index is 13.1. The summed E-state index contributed by atoms with van der Waals surface area (Å²) >= 11 is 0. The molecule has 0 fully saturated rings. The summed E-state index contributed by atoms with van der Waals surface area (Å²) in [5, 5.41) is 0. The second-order valence-corrected chi connectivity index (χ2v) is 4.64. The average molecular weight is 289 g/mol. The van der Waals surface area contributed by atoms with Gasteiger partial charge in [0.05, 0.1) is 18.2 Å². The Morgan fingerprint density at radius 1 is 1.40 bits per heavy atom. The molecule has 20 heavy (non-hydrogen) atoms. The van der Waals surface area contributed by atoms with Gasteiger partial charge in [-0.25, -0.2) is 4.39 Å². The summed E-state index contributed by atoms with van der Waals surface area (Å²) in [4.78, 5) is 5.63. The summed E-state index contributed by atoms with van der Waals surface area (Å²) in [6, 6.07) is 2.13. The molecule has 0 aliphatic carbocycles. The molecule has 0 amide bonds. The molecule has 0 aromatic heterocycles. The summed E-state index contributed by atoms with van der Waals surface area (Å²) in [5.41, 5.74) is 4.75. The third kappa shape index (κ3) is 2.71. The van der Waals surface area contributed by atoms with Gasteiger partial charge in [0.25, 0.3) is 0 Å². The Hall–Kier alpha value is -1.79. The van der Waals surface area contributed by atoms with Gasteiger partial charge in [-0.3, -0.25) is 4.99 Å². The van der Waals surface area contributed by atoms with Crippen molar-refractivity contribution in [3.8, 4) is 0 Å². The Balaban J connectivity index is 2.43. The Morgan fingerprint density at radius 2 is 2.10 bits per heavy atom. The average Bonchev–Trinajstić information content (AvgIpc) is 2.71. The SMILES string of the molecule is CCCN1C(N)=NCC1c1ccc(F)cc1C(F)(F)F. The molecular formula is C13H15F4N3. The highest BCUT2D eigenvalue weighted by Gasteiger charge is 2.38. The van der Waals surface area contributed by atoms with Crippen LogP contribution in [-0.2, 0) is 6.18 Å². The Morgan fingerprint density at radius 3 is 2.70 bits per heavy atom. The largest absolute Gasteiger partial charge is 0.416 e. The number of aliphatic imine (C=N–C) groups is 1. The van der Waals surface area contributed by atoms with Gasteiger partial charge < -0.3 is 10.6 Å². The van der Waals surface area contributed by atoms with Crippen LogP contribution in [0.2, 0.25) is 0 Å². The molecule has 1 aromatic carbocycles. The maximum Gasteiger partial charge on any atom is 0.416 e. The van der Waals surface area contributed by atoms with Crippen molar-refractivity contribution in [1.82, 2.24) is 4.90 Å². The van der Waals surface area contributed by atoms with E-state index in [1.165, 1.54) is 6.07 Å². The summed E-state index contributed by atoms with van der Waals surface area (Å²) in [5.74, 6) is -0.677. The molecule has 1 unspecified atom stereocenters. The lowest BCUT2D eigenvalue weighted by Gasteiger charge is -2.28. The molecule has 3 nitrogen and oxygen atoms in total. The minimum Gasteiger partial charge on any atom is -0.370 e. The van der Waals surface area contributed by atoms with E-state index in [-0.39, 0.29) is 18.1 Å². The number of halogens is 4. The first-order valence-electron chi connectivity index (χ1n) is 6.27. The van der Waals surface area contributed by atoms with Crippen LogP contribution < -0.4 is 5.73 Å². The van der Waals surface area contributed by atoms with E-state index in [9.17, 15) is 17.6 Å². The molecule has 0 radical (unpaired) electrons. The lowest BCUT2D eigenvalue weighted by atomic mass is 9.99. The first-order valence-corrected chi connectivity index (χ1v) is 6.27. The maximum atomic E-state index is 13.1. The van der Waals surface area contributed by atoms with E-state index in [1.807, 2.05) is 6.92 Å². The number of nitrogens with zero attached hydrogens (tertiary/aromatic N) is 2. The third-order valence-electron chi connectivity index (χ3n) is 3.24. The molecule has 110 valence electrons. The van der Waals surface area contributed by atoms with E-state index in [0.717, 1.165) is 12.5 Å². The topological polar surface area (TPSA) is 41.6 Å². The van der Waals surface area contributed by atoms with Crippen molar-refractivity contribution in [1.29, 1.82) is 0 Å². The van der Waals surface area contributed by atoms with Crippen LogP contribution in [0.4, 0.5) is 17.6 Å². The van der Waals surface area contributed by atoms with Gasteiger partial charge in [-0.05, 0) is 24.1 Å². The van der Waals surface area contributed by atoms with Gasteiger partial charge in [0.15, 0.2) is 5.96 Å². The third-order valence-corrected chi connectivity index (χ3v) is 3.24. The van der Waals surface area contributed by atoms with Gasteiger partial charge in [-0.2, -0.15) is 13.2 Å². The first kappa shape index (κ1) is 14.6. The van der Waals surface area contributed by atoms with Gasteiger partial charge in [0.2, 0.25) is 0 Å². The molecule has 0 spiro atoms. The number of nitrogens with two attached hydrogens (primary N) is 1. The van der Waals surface area contributed by atoms with Crippen LogP contribution in [0, 0.1) is 5.82 Å². The van der Waals surface area contributed by atoms with Crippen LogP contribution in [0.15, 0.2) is 23.2 Å². The predicted octanol–water partition coefficient (Wildman–Crippen LogP) is 2.93. The second kappa shape index (κ2) is 5.30. The van der Waals surface area contributed by atoms with Crippen LogP contribution >= 0.6 is 0 Å². The zero-order chi connectivity index (χ0) is 14.9. The number of hydrogen-bond acceptors (Lipinski definition) is 3. The fourth-order valence-electron chi connectivity index (χ4n) is 2.37. The molecule has 1 aliphatic heterocycles. The molecule has 0 bridgehead atoms. The molecule has 2 rings (SSSR count). The minimum absolute atomic E-state index is 0.0107. The highest BCUT2D eigenvalue weighted by atomic mass is 19.4. The highest BCUT2D eigenvalue weighted by Crippen LogP contribution is 2.38. The van der Waals surface area contributed by atoms with Crippen molar-refractivity contribution in [2.75, 3.05) is 13.1 Å². The number of guanidine groups is 1. The van der Waals surface area contributed by atoms with Gasteiger partial charge in [0.1, 0.15) is 5.82 Å². The highest BCUT2D eigenvalue weighted by molar-refractivity contribution is 5.80. The van der Waals surface area contributed by atoms with Crippen LogP contribution in [0.3, 0.4) is 0 Å². The smallest absolute Gasteiger partial charge is 0.370 e. The standard InChI is InChI=1S/C13H15F4N3/c1-2-5-20-11(7-19-12(20)18)9-4-3-8(14)6-10(9)13(15,16)17/h3-4,6,11H,2,5,7H2,1H3,(H2,18,19). The number of hydrogen-bond donors (Lipinski definition) is 1. The van der Waals surface area contributed by atoms with Crippen molar-refractivity contribution >= 4 is 5.96 Å². The first-order chi connectivity index (χ1) is 9.34. The van der Waals surface area contributed by atoms with E-state index < -0.39 is 23.6 Å². The molecule has 1 heterocycles. The van der Waals surface area contributed by atoms with E-state index in [4.69, 9.17) is 5.73 Å². The van der Waals surface area contributed by atoms with Gasteiger partial charge in [-0.15, -0.1) is 0 Å². The van der Waals surface area contributed by atoms with Crippen molar-refractivity contribution in [2.24, 2.45) is 10.7 Å². The van der Waals surface area contributed by atoms with Crippen molar-refractivity contribution < 1.29 is 17.6 Å². The zero-order valence-electron chi connectivity index (χ0n) is 10.9. The van der Waals surface area contributed by atoms with Gasteiger partial charge in [0, 0.05) is 6.54 Å². The monoisotopic (exact) mass is 289 g/mol.